The van der Waals surface area contributed by atoms with E-state index in [9.17, 15) is 0 Å². The van der Waals surface area contributed by atoms with Gasteiger partial charge in [-0.25, -0.2) is 0 Å². The van der Waals surface area contributed by atoms with Crippen LogP contribution in [0.15, 0.2) is 36.7 Å². The molecule has 0 unspecified atom stereocenters. The molecule has 0 atom stereocenters. The Morgan fingerprint density at radius 1 is 0.425 bits per heavy atom. The van der Waals surface area contributed by atoms with Gasteiger partial charge >= 0.3 is 0 Å². The van der Waals surface area contributed by atoms with E-state index in [1.807, 2.05) is 0 Å². The average molecular weight is 549 g/mol. The molecule has 0 saturated heterocycles. The van der Waals surface area contributed by atoms with Crippen molar-refractivity contribution in [3.63, 3.8) is 0 Å². The third-order valence-corrected chi connectivity index (χ3v) is 10.2. The van der Waals surface area contributed by atoms with Crippen LogP contribution in [0.5, 0.6) is 0 Å². The maximum Gasteiger partial charge on any atom is 0.0886 e. The molecule has 0 aliphatic heterocycles. The molecule has 0 spiro atoms. The SMILES string of the molecule is CCCCCCCCCC(CC)(CC)c1ccc(-c2ccc(C(CC)(CC)CCCCCCCCC)cn2)nc1. The molecule has 0 amide bonds. The van der Waals surface area contributed by atoms with Gasteiger partial charge in [-0.3, -0.25) is 9.97 Å². The monoisotopic (exact) mass is 549 g/mol. The number of aromatic nitrogens is 2. The third-order valence-electron chi connectivity index (χ3n) is 10.2. The number of nitrogens with zero attached hydrogens (tertiary/aromatic N) is 2. The molecule has 2 heterocycles. The lowest BCUT2D eigenvalue weighted by molar-refractivity contribution is 0.347. The van der Waals surface area contributed by atoms with Gasteiger partial charge in [-0.2, -0.15) is 0 Å². The molecule has 0 N–H and O–H groups in total. The van der Waals surface area contributed by atoms with Crippen LogP contribution in [0.1, 0.15) is 181 Å². The maximum atomic E-state index is 4.95. The second-order valence-corrected chi connectivity index (χ2v) is 12.6. The van der Waals surface area contributed by atoms with Crippen molar-refractivity contribution in [1.29, 1.82) is 0 Å². The lowest BCUT2D eigenvalue weighted by Crippen LogP contribution is -2.25. The van der Waals surface area contributed by atoms with E-state index < -0.39 is 0 Å². The fourth-order valence-electron chi connectivity index (χ4n) is 6.87. The van der Waals surface area contributed by atoms with Crippen LogP contribution in [0.3, 0.4) is 0 Å². The summed E-state index contributed by atoms with van der Waals surface area (Å²) in [6.45, 7) is 14.0. The Kier molecular flexibility index (Phi) is 16.8. The van der Waals surface area contributed by atoms with Crippen LogP contribution in [0.4, 0.5) is 0 Å². The van der Waals surface area contributed by atoms with E-state index in [1.165, 1.54) is 140 Å². The second-order valence-electron chi connectivity index (χ2n) is 12.6. The van der Waals surface area contributed by atoms with Crippen molar-refractivity contribution in [2.24, 2.45) is 0 Å². The first-order chi connectivity index (χ1) is 19.5. The van der Waals surface area contributed by atoms with Gasteiger partial charge in [0, 0.05) is 12.4 Å². The van der Waals surface area contributed by atoms with E-state index in [0.29, 0.717) is 0 Å². The molecule has 0 aliphatic rings. The first-order valence-electron chi connectivity index (χ1n) is 17.5. The lowest BCUT2D eigenvalue weighted by atomic mass is 9.72. The Labute approximate surface area is 249 Å². The van der Waals surface area contributed by atoms with Gasteiger partial charge in [-0.1, -0.05) is 144 Å². The van der Waals surface area contributed by atoms with Crippen LogP contribution in [0.2, 0.25) is 0 Å². The Bertz CT molecular complexity index is 799. The molecule has 0 aliphatic carbocycles. The minimum Gasteiger partial charge on any atom is -0.254 e. The molecular weight excluding hydrogens is 484 g/mol. The van der Waals surface area contributed by atoms with Crippen molar-refractivity contribution in [3.8, 4) is 11.4 Å². The second kappa shape index (κ2) is 19.4. The highest BCUT2D eigenvalue weighted by molar-refractivity contribution is 5.54. The molecule has 226 valence electrons. The smallest absolute Gasteiger partial charge is 0.0886 e. The topological polar surface area (TPSA) is 25.8 Å². The van der Waals surface area contributed by atoms with Crippen LogP contribution in [-0.4, -0.2) is 9.97 Å². The molecular formula is C38H64N2. The number of hydrogen-bond donors (Lipinski definition) is 0. The summed E-state index contributed by atoms with van der Waals surface area (Å²) in [4.78, 5) is 9.90. The summed E-state index contributed by atoms with van der Waals surface area (Å²) in [5.41, 5.74) is 5.33. The Balaban J connectivity index is 2.02. The normalized spacial score (nSPS) is 12.2. The predicted octanol–water partition coefficient (Wildman–Crippen LogP) is 12.5. The summed E-state index contributed by atoms with van der Waals surface area (Å²) in [7, 11) is 0. The summed E-state index contributed by atoms with van der Waals surface area (Å²) >= 11 is 0. The molecule has 0 fully saturated rings. The summed E-state index contributed by atoms with van der Waals surface area (Å²) in [5.74, 6) is 0. The minimum absolute atomic E-state index is 0.254. The molecule has 2 aromatic heterocycles. The Morgan fingerprint density at radius 2 is 0.750 bits per heavy atom. The van der Waals surface area contributed by atoms with Crippen LogP contribution in [-0.2, 0) is 10.8 Å². The fraction of sp³-hybridized carbons (Fsp3) is 0.737. The van der Waals surface area contributed by atoms with Gasteiger partial charge in [-0.15, -0.1) is 0 Å². The quantitative estimate of drug-likeness (QED) is 0.129. The zero-order chi connectivity index (χ0) is 29.1. The van der Waals surface area contributed by atoms with Crippen LogP contribution in [0.25, 0.3) is 11.4 Å². The molecule has 0 bridgehead atoms. The minimum atomic E-state index is 0.254. The highest BCUT2D eigenvalue weighted by Crippen LogP contribution is 2.39. The fourth-order valence-corrected chi connectivity index (χ4v) is 6.87. The van der Waals surface area contributed by atoms with Crippen molar-refractivity contribution in [3.05, 3.63) is 47.8 Å². The van der Waals surface area contributed by atoms with Crippen LogP contribution in [0, 0.1) is 0 Å². The van der Waals surface area contributed by atoms with E-state index >= 15 is 0 Å². The van der Waals surface area contributed by atoms with E-state index in [4.69, 9.17) is 9.97 Å². The van der Waals surface area contributed by atoms with Crippen molar-refractivity contribution in [2.75, 3.05) is 0 Å². The number of pyridine rings is 2. The van der Waals surface area contributed by atoms with E-state index in [1.54, 1.807) is 0 Å². The van der Waals surface area contributed by atoms with Crippen molar-refractivity contribution >= 4 is 0 Å². The third kappa shape index (κ3) is 10.3. The van der Waals surface area contributed by atoms with Gasteiger partial charge in [0.2, 0.25) is 0 Å². The van der Waals surface area contributed by atoms with Crippen LogP contribution >= 0.6 is 0 Å². The molecule has 2 aromatic rings. The van der Waals surface area contributed by atoms with Crippen molar-refractivity contribution in [2.45, 2.75) is 181 Å². The summed E-state index contributed by atoms with van der Waals surface area (Å²) in [5, 5.41) is 0. The van der Waals surface area contributed by atoms with Gasteiger partial charge in [-0.05, 0) is 72.6 Å². The van der Waals surface area contributed by atoms with Crippen LogP contribution < -0.4 is 0 Å². The summed E-state index contributed by atoms with van der Waals surface area (Å²) < 4.78 is 0. The Hall–Kier alpha value is -1.70. The first-order valence-corrected chi connectivity index (χ1v) is 17.5. The van der Waals surface area contributed by atoms with Crippen molar-refractivity contribution < 1.29 is 0 Å². The standard InChI is InChI=1S/C38H64N2/c1-7-13-15-17-19-21-23-29-37(9-3,10-4)33-25-27-35(39-31-33)36-28-26-34(32-40-36)38(11-5,12-6)30-24-22-20-18-16-14-8-2/h25-28,31-32H,7-24,29-30H2,1-6H3. The maximum absolute atomic E-state index is 4.95. The molecule has 2 rings (SSSR count). The molecule has 40 heavy (non-hydrogen) atoms. The van der Waals surface area contributed by atoms with E-state index in [-0.39, 0.29) is 10.8 Å². The summed E-state index contributed by atoms with van der Waals surface area (Å²) in [6.07, 6.45) is 30.8. The van der Waals surface area contributed by atoms with Crippen molar-refractivity contribution in [1.82, 2.24) is 9.97 Å². The first kappa shape index (κ1) is 34.5. The molecule has 2 nitrogen and oxygen atoms in total. The zero-order valence-corrected chi connectivity index (χ0v) is 27.5. The van der Waals surface area contributed by atoms with E-state index in [0.717, 1.165) is 11.4 Å². The largest absolute Gasteiger partial charge is 0.254 e. The van der Waals surface area contributed by atoms with Gasteiger partial charge < -0.3 is 0 Å². The molecule has 2 heteroatoms. The highest BCUT2D eigenvalue weighted by Gasteiger charge is 2.29. The zero-order valence-electron chi connectivity index (χ0n) is 27.5. The van der Waals surface area contributed by atoms with E-state index in [2.05, 4.69) is 78.2 Å². The number of hydrogen-bond acceptors (Lipinski definition) is 2. The van der Waals surface area contributed by atoms with Gasteiger partial charge in [0.05, 0.1) is 11.4 Å². The van der Waals surface area contributed by atoms with Gasteiger partial charge in [0.1, 0.15) is 0 Å². The number of unbranched alkanes of at least 4 members (excludes halogenated alkanes) is 12. The van der Waals surface area contributed by atoms with Gasteiger partial charge in [0.15, 0.2) is 0 Å². The Morgan fingerprint density at radius 3 is 1.02 bits per heavy atom. The molecule has 0 aromatic carbocycles. The molecule has 0 radical (unpaired) electrons. The lowest BCUT2D eigenvalue weighted by Gasteiger charge is -2.33. The molecule has 0 saturated carbocycles. The van der Waals surface area contributed by atoms with Gasteiger partial charge in [0.25, 0.3) is 0 Å². The number of rotatable bonds is 23. The highest BCUT2D eigenvalue weighted by atomic mass is 14.8. The summed E-state index contributed by atoms with van der Waals surface area (Å²) in [6, 6.07) is 9.12. The average Bonchev–Trinajstić information content (AvgIpc) is 3.01. The predicted molar refractivity (Wildman–Crippen MR) is 177 cm³/mol.